The van der Waals surface area contributed by atoms with E-state index in [4.69, 9.17) is 9.47 Å². The zero-order chi connectivity index (χ0) is 19.2. The van der Waals surface area contributed by atoms with Crippen molar-refractivity contribution in [3.8, 4) is 17.2 Å². The predicted molar refractivity (Wildman–Crippen MR) is 105 cm³/mol. The van der Waals surface area contributed by atoms with E-state index in [0.717, 1.165) is 44.5 Å². The third-order valence-electron chi connectivity index (χ3n) is 5.21. The van der Waals surface area contributed by atoms with E-state index in [1.807, 2.05) is 17.0 Å². The number of methoxy groups -OCH3 is 2. The highest BCUT2D eigenvalue weighted by atomic mass is 16.5. The second-order valence-electron chi connectivity index (χ2n) is 7.04. The van der Waals surface area contributed by atoms with E-state index in [2.05, 4.69) is 12.1 Å². The molecule has 1 amide bonds. The fraction of sp³-hybridized carbons (Fsp3) is 0.409. The van der Waals surface area contributed by atoms with Crippen molar-refractivity contribution in [3.63, 3.8) is 0 Å². The van der Waals surface area contributed by atoms with E-state index in [1.54, 1.807) is 19.2 Å². The molecule has 3 rings (SSSR count). The molecular formula is C22H27NO4. The summed E-state index contributed by atoms with van der Waals surface area (Å²) in [4.78, 5) is 14.7. The molecule has 1 aliphatic rings. The van der Waals surface area contributed by atoms with Crippen LogP contribution in [0.5, 0.6) is 17.2 Å². The number of nitrogens with zero attached hydrogens (tertiary/aromatic N) is 1. The van der Waals surface area contributed by atoms with Crippen molar-refractivity contribution < 1.29 is 19.4 Å². The lowest BCUT2D eigenvalue weighted by molar-refractivity contribution is 0.0668. The molecule has 1 saturated heterocycles. The number of benzene rings is 2. The van der Waals surface area contributed by atoms with E-state index in [9.17, 15) is 9.90 Å². The zero-order valence-corrected chi connectivity index (χ0v) is 16.0. The maximum atomic E-state index is 12.8. The second kappa shape index (κ2) is 8.80. The average Bonchev–Trinajstić information content (AvgIpc) is 2.72. The van der Waals surface area contributed by atoms with Gasteiger partial charge in [0.05, 0.1) is 14.2 Å². The molecule has 0 bridgehead atoms. The van der Waals surface area contributed by atoms with Gasteiger partial charge in [-0.25, -0.2) is 0 Å². The number of piperidine rings is 1. The third-order valence-corrected chi connectivity index (χ3v) is 5.21. The van der Waals surface area contributed by atoms with E-state index < -0.39 is 0 Å². The Morgan fingerprint density at radius 2 is 2.04 bits per heavy atom. The van der Waals surface area contributed by atoms with Crippen molar-refractivity contribution in [2.75, 3.05) is 27.3 Å². The van der Waals surface area contributed by atoms with E-state index in [1.165, 1.54) is 18.7 Å². The minimum absolute atomic E-state index is 0.00469. The van der Waals surface area contributed by atoms with Gasteiger partial charge in [0, 0.05) is 18.7 Å². The molecule has 2 aromatic carbocycles. The minimum Gasteiger partial charge on any atom is -0.504 e. The summed E-state index contributed by atoms with van der Waals surface area (Å²) < 4.78 is 10.3. The monoisotopic (exact) mass is 369 g/mol. The number of phenolic OH excluding ortho intramolecular Hbond substituents is 1. The van der Waals surface area contributed by atoms with Gasteiger partial charge in [0.1, 0.15) is 5.75 Å². The number of carbonyl (C=O) groups is 1. The Bertz CT molecular complexity index is 790. The summed E-state index contributed by atoms with van der Waals surface area (Å²) in [5.41, 5.74) is 1.76. The number of amides is 1. The summed E-state index contributed by atoms with van der Waals surface area (Å²) >= 11 is 0. The standard InChI is InChI=1S/C22H27NO4/c1-26-19-7-3-5-16(13-19)8-9-17-6-4-12-23(15-17)22(25)18-10-11-21(27-2)20(24)14-18/h3,5,7,10-11,13-14,17,24H,4,6,8-9,12,15H2,1-2H3/t17-/m0/s1. The molecule has 0 spiro atoms. The van der Waals surface area contributed by atoms with Crippen LogP contribution in [0.15, 0.2) is 42.5 Å². The summed E-state index contributed by atoms with van der Waals surface area (Å²) in [6.07, 6.45) is 4.18. The molecule has 1 N–H and O–H groups in total. The number of aromatic hydroxyl groups is 1. The van der Waals surface area contributed by atoms with Gasteiger partial charge in [-0.15, -0.1) is 0 Å². The molecule has 5 nitrogen and oxygen atoms in total. The van der Waals surface area contributed by atoms with Gasteiger partial charge in [-0.05, 0) is 67.5 Å². The summed E-state index contributed by atoms with van der Waals surface area (Å²) in [6.45, 7) is 1.52. The number of aryl methyl sites for hydroxylation is 1. The largest absolute Gasteiger partial charge is 0.504 e. The number of rotatable bonds is 6. The van der Waals surface area contributed by atoms with Gasteiger partial charge in [0.25, 0.3) is 5.91 Å². The number of carbonyl (C=O) groups excluding carboxylic acids is 1. The number of phenols is 1. The van der Waals surface area contributed by atoms with Crippen LogP contribution in [-0.4, -0.2) is 43.2 Å². The van der Waals surface area contributed by atoms with Crippen molar-refractivity contribution in [1.29, 1.82) is 0 Å². The summed E-state index contributed by atoms with van der Waals surface area (Å²) in [7, 11) is 3.18. The molecule has 0 aliphatic carbocycles. The van der Waals surface area contributed by atoms with Crippen molar-refractivity contribution in [2.45, 2.75) is 25.7 Å². The Labute approximate surface area is 160 Å². The van der Waals surface area contributed by atoms with Crippen LogP contribution in [0.4, 0.5) is 0 Å². The molecule has 2 aromatic rings. The summed E-state index contributed by atoms with van der Waals surface area (Å²) in [5.74, 6) is 1.71. The quantitative estimate of drug-likeness (QED) is 0.839. The first-order chi connectivity index (χ1) is 13.1. The van der Waals surface area contributed by atoms with Crippen molar-refractivity contribution in [2.24, 2.45) is 5.92 Å². The number of hydrogen-bond donors (Lipinski definition) is 1. The minimum atomic E-state index is -0.0287. The third kappa shape index (κ3) is 4.73. The highest BCUT2D eigenvalue weighted by Gasteiger charge is 2.25. The van der Waals surface area contributed by atoms with Crippen molar-refractivity contribution in [1.82, 2.24) is 4.90 Å². The topological polar surface area (TPSA) is 59.0 Å². The molecule has 0 radical (unpaired) electrons. The Balaban J connectivity index is 1.60. The van der Waals surface area contributed by atoms with Gasteiger partial charge in [-0.3, -0.25) is 4.79 Å². The van der Waals surface area contributed by atoms with Crippen molar-refractivity contribution in [3.05, 3.63) is 53.6 Å². The van der Waals surface area contributed by atoms with Crippen LogP contribution in [-0.2, 0) is 6.42 Å². The maximum Gasteiger partial charge on any atom is 0.254 e. The lowest BCUT2D eigenvalue weighted by Crippen LogP contribution is -2.40. The van der Waals surface area contributed by atoms with Gasteiger partial charge in [0.15, 0.2) is 11.5 Å². The van der Waals surface area contributed by atoms with E-state index in [0.29, 0.717) is 17.2 Å². The lowest BCUT2D eigenvalue weighted by atomic mass is 9.91. The van der Waals surface area contributed by atoms with Crippen LogP contribution in [0, 0.1) is 5.92 Å². The molecule has 1 fully saturated rings. The predicted octanol–water partition coefficient (Wildman–Crippen LogP) is 3.89. The van der Waals surface area contributed by atoms with Crippen molar-refractivity contribution >= 4 is 5.91 Å². The molecule has 0 unspecified atom stereocenters. The summed E-state index contributed by atoms with van der Waals surface area (Å²) in [6, 6.07) is 13.0. The van der Waals surface area contributed by atoms with Crippen LogP contribution in [0.2, 0.25) is 0 Å². The van der Waals surface area contributed by atoms with E-state index in [-0.39, 0.29) is 11.7 Å². The Morgan fingerprint density at radius 1 is 1.19 bits per heavy atom. The van der Waals surface area contributed by atoms with Crippen LogP contribution in [0.1, 0.15) is 35.2 Å². The molecule has 1 aliphatic heterocycles. The second-order valence-corrected chi connectivity index (χ2v) is 7.04. The Hall–Kier alpha value is -2.69. The highest BCUT2D eigenvalue weighted by Crippen LogP contribution is 2.28. The van der Waals surface area contributed by atoms with Gasteiger partial charge in [-0.1, -0.05) is 12.1 Å². The zero-order valence-electron chi connectivity index (χ0n) is 16.0. The molecule has 0 aromatic heterocycles. The molecule has 1 heterocycles. The Kier molecular flexibility index (Phi) is 6.22. The first-order valence-corrected chi connectivity index (χ1v) is 9.40. The smallest absolute Gasteiger partial charge is 0.254 e. The van der Waals surface area contributed by atoms with Gasteiger partial charge in [0.2, 0.25) is 0 Å². The molecule has 0 saturated carbocycles. The molecule has 1 atom stereocenters. The van der Waals surface area contributed by atoms with Gasteiger partial charge in [-0.2, -0.15) is 0 Å². The lowest BCUT2D eigenvalue weighted by Gasteiger charge is -2.33. The van der Waals surface area contributed by atoms with Crippen LogP contribution >= 0.6 is 0 Å². The number of likely N-dealkylation sites (tertiary alicyclic amines) is 1. The summed E-state index contributed by atoms with van der Waals surface area (Å²) in [5, 5.41) is 9.94. The van der Waals surface area contributed by atoms with Crippen LogP contribution < -0.4 is 9.47 Å². The van der Waals surface area contributed by atoms with Gasteiger partial charge < -0.3 is 19.5 Å². The van der Waals surface area contributed by atoms with Gasteiger partial charge >= 0.3 is 0 Å². The fourth-order valence-electron chi connectivity index (χ4n) is 3.69. The first-order valence-electron chi connectivity index (χ1n) is 9.40. The molecular weight excluding hydrogens is 342 g/mol. The highest BCUT2D eigenvalue weighted by molar-refractivity contribution is 5.95. The molecule has 5 heteroatoms. The molecule has 27 heavy (non-hydrogen) atoms. The normalized spacial score (nSPS) is 16.8. The van der Waals surface area contributed by atoms with Crippen LogP contribution in [0.25, 0.3) is 0 Å². The maximum absolute atomic E-state index is 12.8. The number of ether oxygens (including phenoxy) is 2. The Morgan fingerprint density at radius 3 is 2.78 bits per heavy atom. The van der Waals surface area contributed by atoms with Crippen LogP contribution in [0.3, 0.4) is 0 Å². The SMILES string of the molecule is COc1cccc(CC[C@@H]2CCCN(C(=O)c3ccc(OC)c(O)c3)C2)c1. The molecule has 144 valence electrons. The number of hydrogen-bond acceptors (Lipinski definition) is 4. The average molecular weight is 369 g/mol. The van der Waals surface area contributed by atoms with E-state index >= 15 is 0 Å². The first kappa shape index (κ1) is 19.1. The fourth-order valence-corrected chi connectivity index (χ4v) is 3.69.